The zero-order chi connectivity index (χ0) is 21.1. The minimum absolute atomic E-state index is 0.0976. The molecule has 0 aromatic heterocycles. The van der Waals surface area contributed by atoms with Crippen molar-refractivity contribution in [3.05, 3.63) is 54.1 Å². The number of amides is 3. The summed E-state index contributed by atoms with van der Waals surface area (Å²) in [5.74, 6) is -0.135. The number of carbonyl (C=O) groups is 3. The molecule has 1 N–H and O–H groups in total. The summed E-state index contributed by atoms with van der Waals surface area (Å²) in [5, 5.41) is 2.57. The Morgan fingerprint density at radius 1 is 0.967 bits per heavy atom. The van der Waals surface area contributed by atoms with Gasteiger partial charge in [0.1, 0.15) is 0 Å². The van der Waals surface area contributed by atoms with E-state index in [0.29, 0.717) is 5.69 Å². The van der Waals surface area contributed by atoms with E-state index in [2.05, 4.69) is 5.32 Å². The summed E-state index contributed by atoms with van der Waals surface area (Å²) in [6, 6.07) is 14.9. The van der Waals surface area contributed by atoms with E-state index in [1.165, 1.54) is 23.1 Å². The second-order valence-electron chi connectivity index (χ2n) is 8.06. The van der Waals surface area contributed by atoms with Gasteiger partial charge in [-0.05, 0) is 56.2 Å². The molecule has 2 fully saturated rings. The molecule has 30 heavy (non-hydrogen) atoms. The molecule has 1 aliphatic heterocycles. The van der Waals surface area contributed by atoms with Crippen molar-refractivity contribution in [1.82, 2.24) is 0 Å². The molecule has 1 atom stereocenters. The molecule has 2 aromatic carbocycles. The lowest BCUT2D eigenvalue weighted by molar-refractivity contribution is -0.122. The minimum Gasteiger partial charge on any atom is -0.326 e. The van der Waals surface area contributed by atoms with E-state index in [1.54, 1.807) is 0 Å². The van der Waals surface area contributed by atoms with Crippen molar-refractivity contribution < 1.29 is 14.4 Å². The summed E-state index contributed by atoms with van der Waals surface area (Å²) in [6.07, 6.45) is 5.60. The third-order valence-corrected chi connectivity index (χ3v) is 6.97. The molecule has 0 bridgehead atoms. The highest BCUT2D eigenvalue weighted by molar-refractivity contribution is 8.00. The second kappa shape index (κ2) is 9.04. The molecule has 1 aliphatic carbocycles. The number of imide groups is 1. The molecule has 6 heteroatoms. The van der Waals surface area contributed by atoms with Crippen molar-refractivity contribution in [2.45, 2.75) is 55.6 Å². The van der Waals surface area contributed by atoms with Gasteiger partial charge in [-0.25, -0.2) is 4.90 Å². The Kier molecular flexibility index (Phi) is 6.23. The average molecular weight is 423 g/mol. The molecule has 0 radical (unpaired) electrons. The fraction of sp³-hybridized carbons (Fsp3) is 0.375. The Bertz CT molecular complexity index is 934. The molecule has 1 heterocycles. The van der Waals surface area contributed by atoms with E-state index in [0.717, 1.165) is 41.8 Å². The van der Waals surface area contributed by atoms with Crippen molar-refractivity contribution in [1.29, 1.82) is 0 Å². The van der Waals surface area contributed by atoms with Gasteiger partial charge in [-0.1, -0.05) is 37.0 Å². The van der Waals surface area contributed by atoms with E-state index in [9.17, 15) is 14.4 Å². The first-order chi connectivity index (χ1) is 14.5. The first-order valence-corrected chi connectivity index (χ1v) is 11.4. The standard InChI is InChI=1S/C24H26N2O3S/c1-16-7-11-19(12-8-16)26-22(27)15-21(24(26)29)30-20-13-9-18(10-14-20)25-23(28)17-5-3-2-4-6-17/h7-14,17,21H,2-6,15H2,1H3,(H,25,28)/t21-/m0/s1. The molecular formula is C24H26N2O3S. The molecule has 2 aliphatic rings. The third kappa shape index (κ3) is 4.59. The van der Waals surface area contributed by atoms with Crippen LogP contribution in [0.1, 0.15) is 44.1 Å². The van der Waals surface area contributed by atoms with Gasteiger partial charge < -0.3 is 5.32 Å². The van der Waals surface area contributed by atoms with E-state index in [-0.39, 0.29) is 30.1 Å². The highest BCUT2D eigenvalue weighted by Gasteiger charge is 2.40. The van der Waals surface area contributed by atoms with Gasteiger partial charge >= 0.3 is 0 Å². The molecule has 3 amide bonds. The summed E-state index contributed by atoms with van der Waals surface area (Å²) in [7, 11) is 0. The van der Waals surface area contributed by atoms with Gasteiger partial charge in [0.2, 0.25) is 17.7 Å². The maximum absolute atomic E-state index is 12.8. The minimum atomic E-state index is -0.429. The molecule has 0 unspecified atom stereocenters. The van der Waals surface area contributed by atoms with Gasteiger partial charge in [0.25, 0.3) is 0 Å². The largest absolute Gasteiger partial charge is 0.326 e. The normalized spacial score (nSPS) is 19.9. The summed E-state index contributed by atoms with van der Waals surface area (Å²) < 4.78 is 0. The van der Waals surface area contributed by atoms with Crippen LogP contribution in [0.3, 0.4) is 0 Å². The van der Waals surface area contributed by atoms with Crippen molar-refractivity contribution in [3.8, 4) is 0 Å². The number of carbonyl (C=O) groups excluding carboxylic acids is 3. The van der Waals surface area contributed by atoms with E-state index in [4.69, 9.17) is 0 Å². The SMILES string of the molecule is Cc1ccc(N2C(=O)C[C@H](Sc3ccc(NC(=O)C4CCCCC4)cc3)C2=O)cc1. The molecular weight excluding hydrogens is 396 g/mol. The predicted molar refractivity (Wildman–Crippen MR) is 120 cm³/mol. The molecule has 4 rings (SSSR count). The summed E-state index contributed by atoms with van der Waals surface area (Å²) in [6.45, 7) is 1.97. The average Bonchev–Trinajstić information content (AvgIpc) is 3.04. The van der Waals surface area contributed by atoms with Crippen LogP contribution < -0.4 is 10.2 Å². The number of benzene rings is 2. The Morgan fingerprint density at radius 2 is 1.63 bits per heavy atom. The summed E-state index contributed by atoms with van der Waals surface area (Å²) >= 11 is 1.40. The van der Waals surface area contributed by atoms with Crippen LogP contribution in [0.15, 0.2) is 53.4 Å². The lowest BCUT2D eigenvalue weighted by Gasteiger charge is -2.20. The predicted octanol–water partition coefficient (Wildman–Crippen LogP) is 4.94. The van der Waals surface area contributed by atoms with E-state index < -0.39 is 5.25 Å². The Balaban J connectivity index is 1.37. The molecule has 1 saturated carbocycles. The maximum Gasteiger partial charge on any atom is 0.247 e. The molecule has 0 spiro atoms. The van der Waals surface area contributed by atoms with Crippen LogP contribution in [0.4, 0.5) is 11.4 Å². The number of rotatable bonds is 5. The number of nitrogens with one attached hydrogen (secondary N) is 1. The number of thioether (sulfide) groups is 1. The molecule has 1 saturated heterocycles. The Labute approximate surface area is 181 Å². The number of anilines is 2. The lowest BCUT2D eigenvalue weighted by Crippen LogP contribution is -2.31. The summed E-state index contributed by atoms with van der Waals surface area (Å²) in [5.41, 5.74) is 2.48. The molecule has 5 nitrogen and oxygen atoms in total. The van der Waals surface area contributed by atoms with Crippen LogP contribution in [-0.4, -0.2) is 23.0 Å². The first kappa shape index (κ1) is 20.7. The monoisotopic (exact) mass is 422 g/mol. The number of hydrogen-bond donors (Lipinski definition) is 1. The maximum atomic E-state index is 12.8. The first-order valence-electron chi connectivity index (χ1n) is 10.5. The Morgan fingerprint density at radius 3 is 2.30 bits per heavy atom. The van der Waals surface area contributed by atoms with Crippen molar-refractivity contribution in [2.24, 2.45) is 5.92 Å². The zero-order valence-electron chi connectivity index (χ0n) is 17.1. The van der Waals surface area contributed by atoms with Crippen LogP contribution in [0.5, 0.6) is 0 Å². The molecule has 2 aromatic rings. The second-order valence-corrected chi connectivity index (χ2v) is 9.34. The van der Waals surface area contributed by atoms with Gasteiger partial charge in [0.15, 0.2) is 0 Å². The number of hydrogen-bond acceptors (Lipinski definition) is 4. The zero-order valence-corrected chi connectivity index (χ0v) is 17.9. The lowest BCUT2D eigenvalue weighted by atomic mass is 9.88. The van der Waals surface area contributed by atoms with Gasteiger partial charge in [-0.2, -0.15) is 0 Å². The van der Waals surface area contributed by atoms with Gasteiger partial charge in [-0.3, -0.25) is 14.4 Å². The van der Waals surface area contributed by atoms with Gasteiger partial charge in [0.05, 0.1) is 10.9 Å². The Hall–Kier alpha value is -2.60. The fourth-order valence-electron chi connectivity index (χ4n) is 4.05. The number of aryl methyl sites for hydroxylation is 1. The van der Waals surface area contributed by atoms with Crippen molar-refractivity contribution in [2.75, 3.05) is 10.2 Å². The summed E-state index contributed by atoms with van der Waals surface area (Å²) in [4.78, 5) is 39.9. The highest BCUT2D eigenvalue weighted by Crippen LogP contribution is 2.34. The topological polar surface area (TPSA) is 66.5 Å². The molecule has 156 valence electrons. The fourth-order valence-corrected chi connectivity index (χ4v) is 5.11. The van der Waals surface area contributed by atoms with Crippen LogP contribution >= 0.6 is 11.8 Å². The van der Waals surface area contributed by atoms with Crippen LogP contribution in [0.25, 0.3) is 0 Å². The van der Waals surface area contributed by atoms with Gasteiger partial charge in [-0.15, -0.1) is 11.8 Å². The number of nitrogens with zero attached hydrogens (tertiary/aromatic N) is 1. The highest BCUT2D eigenvalue weighted by atomic mass is 32.2. The van der Waals surface area contributed by atoms with Crippen molar-refractivity contribution >= 4 is 40.9 Å². The van der Waals surface area contributed by atoms with E-state index >= 15 is 0 Å². The van der Waals surface area contributed by atoms with Crippen LogP contribution in [0.2, 0.25) is 0 Å². The smallest absolute Gasteiger partial charge is 0.247 e. The van der Waals surface area contributed by atoms with Crippen LogP contribution in [0, 0.1) is 12.8 Å². The van der Waals surface area contributed by atoms with E-state index in [1.807, 2.05) is 55.5 Å². The quantitative estimate of drug-likeness (QED) is 0.693. The van der Waals surface area contributed by atoms with Crippen LogP contribution in [-0.2, 0) is 14.4 Å². The third-order valence-electron chi connectivity index (χ3n) is 5.77. The van der Waals surface area contributed by atoms with Crippen molar-refractivity contribution in [3.63, 3.8) is 0 Å². The van der Waals surface area contributed by atoms with Gasteiger partial charge in [0, 0.05) is 22.9 Å².